The summed E-state index contributed by atoms with van der Waals surface area (Å²) >= 11 is 5.93. The highest BCUT2D eigenvalue weighted by atomic mass is 35.5. The fraction of sp³-hybridized carbons (Fsp3) is 0.417. The summed E-state index contributed by atoms with van der Waals surface area (Å²) in [6, 6.07) is 12.4. The second-order valence-electron chi connectivity index (χ2n) is 8.15. The van der Waals surface area contributed by atoms with E-state index in [1.54, 1.807) is 18.1 Å². The number of halogens is 1. The molecule has 0 spiro atoms. The lowest BCUT2D eigenvalue weighted by Gasteiger charge is -2.32. The SMILES string of the molecule is COc1ccc(CCC(C)NC(=O)N2CCC(C(=O)Nc3cc(Cl)ccc3O)CC2)cc1. The third-order valence-corrected chi connectivity index (χ3v) is 6.00. The first-order valence-corrected chi connectivity index (χ1v) is 11.2. The second-order valence-corrected chi connectivity index (χ2v) is 8.59. The number of benzene rings is 2. The van der Waals surface area contributed by atoms with Crippen molar-refractivity contribution in [3.8, 4) is 11.5 Å². The number of rotatable bonds is 7. The van der Waals surface area contributed by atoms with Crippen LogP contribution in [0.4, 0.5) is 10.5 Å². The number of nitrogens with one attached hydrogen (secondary N) is 2. The van der Waals surface area contributed by atoms with E-state index in [2.05, 4.69) is 10.6 Å². The van der Waals surface area contributed by atoms with E-state index >= 15 is 0 Å². The number of amides is 3. The molecule has 32 heavy (non-hydrogen) atoms. The van der Waals surface area contributed by atoms with Gasteiger partial charge in [-0.1, -0.05) is 23.7 Å². The number of methoxy groups -OCH3 is 1. The Hall–Kier alpha value is -2.93. The molecular formula is C24H30ClN3O4. The third kappa shape index (κ3) is 6.53. The molecule has 3 amide bonds. The maximum absolute atomic E-state index is 12.6. The number of phenolic OH excluding ortho intramolecular Hbond substituents is 1. The monoisotopic (exact) mass is 459 g/mol. The molecule has 1 saturated heterocycles. The summed E-state index contributed by atoms with van der Waals surface area (Å²) < 4.78 is 5.17. The highest BCUT2D eigenvalue weighted by molar-refractivity contribution is 6.31. The first-order valence-electron chi connectivity index (χ1n) is 10.8. The van der Waals surface area contributed by atoms with Crippen molar-refractivity contribution in [1.82, 2.24) is 10.2 Å². The molecule has 0 saturated carbocycles. The molecule has 0 radical (unpaired) electrons. The number of hydrogen-bond donors (Lipinski definition) is 3. The minimum Gasteiger partial charge on any atom is -0.506 e. The normalized spacial score (nSPS) is 15.2. The zero-order valence-electron chi connectivity index (χ0n) is 18.4. The number of carbonyl (C=O) groups is 2. The molecule has 2 aromatic rings. The van der Waals surface area contributed by atoms with Crippen molar-refractivity contribution >= 4 is 29.2 Å². The molecule has 7 nitrogen and oxygen atoms in total. The molecule has 1 aliphatic heterocycles. The van der Waals surface area contributed by atoms with Gasteiger partial charge in [0.1, 0.15) is 11.5 Å². The van der Waals surface area contributed by atoms with Gasteiger partial charge in [-0.3, -0.25) is 4.79 Å². The van der Waals surface area contributed by atoms with E-state index in [0.717, 1.165) is 18.6 Å². The standard InChI is InChI=1S/C24H30ClN3O4/c1-16(3-4-17-5-8-20(32-2)9-6-17)26-24(31)28-13-11-18(12-14-28)23(30)27-21-15-19(25)7-10-22(21)29/h5-10,15-16,18,29H,3-4,11-14H2,1-2H3,(H,26,31)(H,27,30). The summed E-state index contributed by atoms with van der Waals surface area (Å²) in [6.45, 7) is 3.02. The van der Waals surface area contributed by atoms with Gasteiger partial charge in [-0.15, -0.1) is 0 Å². The van der Waals surface area contributed by atoms with E-state index in [-0.39, 0.29) is 29.6 Å². The lowest BCUT2D eigenvalue weighted by Crippen LogP contribution is -2.48. The summed E-state index contributed by atoms with van der Waals surface area (Å²) in [5, 5.41) is 16.1. The number of piperidine rings is 1. The Bertz CT molecular complexity index is 927. The van der Waals surface area contributed by atoms with Crippen molar-refractivity contribution in [2.75, 3.05) is 25.5 Å². The molecule has 0 aliphatic carbocycles. The summed E-state index contributed by atoms with van der Waals surface area (Å²) in [6.07, 6.45) is 2.84. The lowest BCUT2D eigenvalue weighted by molar-refractivity contribution is -0.121. The molecule has 3 rings (SSSR count). The molecule has 1 aliphatic rings. The van der Waals surface area contributed by atoms with Crippen molar-refractivity contribution < 1.29 is 19.4 Å². The fourth-order valence-electron chi connectivity index (χ4n) is 3.74. The minimum atomic E-state index is -0.218. The second kappa shape index (κ2) is 11.1. The predicted molar refractivity (Wildman–Crippen MR) is 125 cm³/mol. The average Bonchev–Trinajstić information content (AvgIpc) is 2.80. The Kier molecular flexibility index (Phi) is 8.22. The quantitative estimate of drug-likeness (QED) is 0.534. The van der Waals surface area contributed by atoms with Crippen molar-refractivity contribution in [1.29, 1.82) is 0 Å². The predicted octanol–water partition coefficient (Wildman–Crippen LogP) is 4.44. The van der Waals surface area contributed by atoms with Crippen LogP contribution in [0.3, 0.4) is 0 Å². The van der Waals surface area contributed by atoms with Crippen molar-refractivity contribution in [2.45, 2.75) is 38.6 Å². The lowest BCUT2D eigenvalue weighted by atomic mass is 9.96. The summed E-state index contributed by atoms with van der Waals surface area (Å²) in [5.74, 6) is 0.417. The molecule has 1 unspecified atom stereocenters. The first kappa shape index (κ1) is 23.7. The van der Waals surface area contributed by atoms with Gasteiger partial charge in [0.2, 0.25) is 5.91 Å². The van der Waals surface area contributed by atoms with Crippen LogP contribution >= 0.6 is 11.6 Å². The highest BCUT2D eigenvalue weighted by Gasteiger charge is 2.28. The van der Waals surface area contributed by atoms with Crippen molar-refractivity contribution in [3.05, 3.63) is 53.1 Å². The molecule has 2 aromatic carbocycles. The van der Waals surface area contributed by atoms with E-state index < -0.39 is 0 Å². The van der Waals surface area contributed by atoms with Gasteiger partial charge < -0.3 is 25.4 Å². The Morgan fingerprint density at radius 3 is 2.53 bits per heavy atom. The number of phenols is 1. The van der Waals surface area contributed by atoms with Crippen molar-refractivity contribution in [2.24, 2.45) is 5.92 Å². The fourth-order valence-corrected chi connectivity index (χ4v) is 3.91. The summed E-state index contributed by atoms with van der Waals surface area (Å²) in [5.41, 5.74) is 1.50. The molecule has 3 N–H and O–H groups in total. The smallest absolute Gasteiger partial charge is 0.317 e. The molecule has 1 atom stereocenters. The van der Waals surface area contributed by atoms with Crippen LogP contribution in [0.5, 0.6) is 11.5 Å². The molecule has 172 valence electrons. The van der Waals surface area contributed by atoms with Crippen molar-refractivity contribution in [3.63, 3.8) is 0 Å². The number of anilines is 1. The number of ether oxygens (including phenoxy) is 1. The van der Waals surface area contributed by atoms with Crippen LogP contribution in [0.25, 0.3) is 0 Å². The largest absolute Gasteiger partial charge is 0.506 e. The third-order valence-electron chi connectivity index (χ3n) is 5.76. The Morgan fingerprint density at radius 1 is 1.19 bits per heavy atom. The molecular weight excluding hydrogens is 430 g/mol. The molecule has 0 bridgehead atoms. The summed E-state index contributed by atoms with van der Waals surface area (Å²) in [7, 11) is 1.64. The zero-order chi connectivity index (χ0) is 23.1. The van der Waals surface area contributed by atoms with E-state index in [9.17, 15) is 14.7 Å². The van der Waals surface area contributed by atoms with Crippen LogP contribution in [0.15, 0.2) is 42.5 Å². The van der Waals surface area contributed by atoms with E-state index in [4.69, 9.17) is 16.3 Å². The van der Waals surface area contributed by atoms with Crippen LogP contribution < -0.4 is 15.4 Å². The maximum Gasteiger partial charge on any atom is 0.317 e. The van der Waals surface area contributed by atoms with E-state index in [1.165, 1.54) is 17.7 Å². The number of aromatic hydroxyl groups is 1. The molecule has 1 heterocycles. The van der Waals surface area contributed by atoms with E-state index in [1.807, 2.05) is 31.2 Å². The number of aryl methyl sites for hydroxylation is 1. The van der Waals surface area contributed by atoms with Gasteiger partial charge in [0, 0.05) is 30.1 Å². The number of carbonyl (C=O) groups excluding carboxylic acids is 2. The molecule has 0 aromatic heterocycles. The van der Waals surface area contributed by atoms with Crippen LogP contribution in [0.2, 0.25) is 5.02 Å². The van der Waals surface area contributed by atoms with Crippen LogP contribution in [-0.4, -0.2) is 48.2 Å². The zero-order valence-corrected chi connectivity index (χ0v) is 19.2. The topological polar surface area (TPSA) is 90.9 Å². The number of likely N-dealkylation sites (tertiary alicyclic amines) is 1. The number of nitrogens with zero attached hydrogens (tertiary/aromatic N) is 1. The van der Waals surface area contributed by atoms with Gasteiger partial charge in [-0.2, -0.15) is 0 Å². The van der Waals surface area contributed by atoms with E-state index in [0.29, 0.717) is 36.6 Å². The highest BCUT2D eigenvalue weighted by Crippen LogP contribution is 2.28. The Morgan fingerprint density at radius 2 is 1.88 bits per heavy atom. The van der Waals surface area contributed by atoms with Gasteiger partial charge in [0.25, 0.3) is 0 Å². The Balaban J connectivity index is 1.41. The van der Waals surface area contributed by atoms with Crippen LogP contribution in [-0.2, 0) is 11.2 Å². The van der Waals surface area contributed by atoms with Gasteiger partial charge in [-0.05, 0) is 68.5 Å². The summed E-state index contributed by atoms with van der Waals surface area (Å²) in [4.78, 5) is 26.9. The Labute approximate surface area is 193 Å². The van der Waals surface area contributed by atoms with Gasteiger partial charge in [0.05, 0.1) is 12.8 Å². The van der Waals surface area contributed by atoms with Gasteiger partial charge in [0.15, 0.2) is 0 Å². The van der Waals surface area contributed by atoms with Crippen LogP contribution in [0.1, 0.15) is 31.7 Å². The maximum atomic E-state index is 12.6. The van der Waals surface area contributed by atoms with Gasteiger partial charge >= 0.3 is 6.03 Å². The van der Waals surface area contributed by atoms with Crippen LogP contribution in [0, 0.1) is 5.92 Å². The average molecular weight is 460 g/mol. The minimum absolute atomic E-state index is 0.0248. The molecule has 1 fully saturated rings. The molecule has 8 heteroatoms. The number of urea groups is 1. The first-order chi connectivity index (χ1) is 15.4. The number of hydrogen-bond acceptors (Lipinski definition) is 4. The van der Waals surface area contributed by atoms with Gasteiger partial charge in [-0.25, -0.2) is 4.79 Å².